The van der Waals surface area contributed by atoms with Crippen LogP contribution in [0.3, 0.4) is 0 Å². The highest BCUT2D eigenvalue weighted by atomic mass is 35.5. The van der Waals surface area contributed by atoms with Crippen LogP contribution in [-0.4, -0.2) is 16.0 Å². The number of nitriles is 1. The van der Waals surface area contributed by atoms with E-state index >= 15 is 0 Å². The molecule has 2 aromatic carbocycles. The number of carbonyl (C=O) groups is 1. The molecule has 3 aromatic rings. The number of hydrogen-bond donors (Lipinski definition) is 1. The van der Waals surface area contributed by atoms with Crippen LogP contribution in [0, 0.1) is 11.3 Å². The van der Waals surface area contributed by atoms with Crippen molar-refractivity contribution >= 4 is 23.2 Å². The summed E-state index contributed by atoms with van der Waals surface area (Å²) in [5.74, 6) is 0.893. The van der Waals surface area contributed by atoms with Gasteiger partial charge in [-0.05, 0) is 24.6 Å². The summed E-state index contributed by atoms with van der Waals surface area (Å²) in [6, 6.07) is 16.3. The Labute approximate surface area is 155 Å². The second-order valence-electron chi connectivity index (χ2n) is 5.59. The molecule has 0 aliphatic rings. The van der Waals surface area contributed by atoms with Crippen molar-refractivity contribution in [3.8, 4) is 17.5 Å². The average molecular weight is 367 g/mol. The predicted molar refractivity (Wildman–Crippen MR) is 97.5 cm³/mol. The monoisotopic (exact) mass is 366 g/mol. The van der Waals surface area contributed by atoms with E-state index < -0.39 is 0 Å². The topological polar surface area (TPSA) is 91.8 Å². The molecule has 1 heterocycles. The molecule has 26 heavy (non-hydrogen) atoms. The van der Waals surface area contributed by atoms with Crippen molar-refractivity contribution in [3.63, 3.8) is 0 Å². The van der Waals surface area contributed by atoms with Crippen LogP contribution < -0.4 is 5.32 Å². The molecule has 0 unspecified atom stereocenters. The molecule has 0 aliphatic carbocycles. The Hall–Kier alpha value is -3.17. The number of amides is 1. The number of rotatable bonds is 6. The molecule has 0 fully saturated rings. The van der Waals surface area contributed by atoms with Crippen molar-refractivity contribution in [2.75, 3.05) is 5.32 Å². The van der Waals surface area contributed by atoms with Crippen LogP contribution in [0.4, 0.5) is 5.69 Å². The molecule has 1 amide bonds. The van der Waals surface area contributed by atoms with Crippen molar-refractivity contribution in [2.45, 2.75) is 19.3 Å². The normalized spacial score (nSPS) is 10.3. The Morgan fingerprint density at radius 2 is 2.04 bits per heavy atom. The number of benzene rings is 2. The number of halogens is 1. The third-order valence-electron chi connectivity index (χ3n) is 3.67. The minimum Gasteiger partial charge on any atom is -0.339 e. The molecule has 1 aromatic heterocycles. The van der Waals surface area contributed by atoms with Gasteiger partial charge in [0.25, 0.3) is 0 Å². The van der Waals surface area contributed by atoms with E-state index in [1.54, 1.807) is 18.2 Å². The van der Waals surface area contributed by atoms with Crippen molar-refractivity contribution in [1.82, 2.24) is 10.1 Å². The number of hydrogen-bond acceptors (Lipinski definition) is 5. The van der Waals surface area contributed by atoms with Crippen molar-refractivity contribution < 1.29 is 9.32 Å². The summed E-state index contributed by atoms with van der Waals surface area (Å²) in [7, 11) is 0. The lowest BCUT2D eigenvalue weighted by atomic mass is 10.2. The molecule has 130 valence electrons. The average Bonchev–Trinajstić information content (AvgIpc) is 3.11. The van der Waals surface area contributed by atoms with Gasteiger partial charge < -0.3 is 9.84 Å². The smallest absolute Gasteiger partial charge is 0.226 e. The molecule has 7 heteroatoms. The zero-order valence-corrected chi connectivity index (χ0v) is 14.5. The van der Waals surface area contributed by atoms with E-state index in [0.29, 0.717) is 47.3 Å². The lowest BCUT2D eigenvalue weighted by Crippen LogP contribution is -2.11. The Morgan fingerprint density at radius 1 is 1.23 bits per heavy atom. The number of nitrogens with zero attached hydrogens (tertiary/aromatic N) is 3. The minimum atomic E-state index is -0.145. The maximum absolute atomic E-state index is 12.0. The molecule has 0 radical (unpaired) electrons. The molecule has 3 rings (SSSR count). The van der Waals surface area contributed by atoms with Gasteiger partial charge in [0.1, 0.15) is 6.07 Å². The van der Waals surface area contributed by atoms with Crippen LogP contribution in [0.1, 0.15) is 24.3 Å². The Kier molecular flexibility index (Phi) is 5.62. The zero-order chi connectivity index (χ0) is 18.4. The number of aromatic nitrogens is 2. The summed E-state index contributed by atoms with van der Waals surface area (Å²) in [4.78, 5) is 16.3. The highest BCUT2D eigenvalue weighted by Gasteiger charge is 2.10. The van der Waals surface area contributed by atoms with E-state index in [9.17, 15) is 4.79 Å². The first kappa shape index (κ1) is 17.6. The van der Waals surface area contributed by atoms with Crippen LogP contribution >= 0.6 is 11.6 Å². The standard InChI is InChI=1S/C19H15ClN4O2/c20-16-11-15(10-9-14(16)12-21)22-17(25)7-4-8-18-23-19(24-26-18)13-5-2-1-3-6-13/h1-3,5-6,9-11H,4,7-8H2,(H,22,25). The third kappa shape index (κ3) is 4.47. The summed E-state index contributed by atoms with van der Waals surface area (Å²) in [5.41, 5.74) is 1.82. The van der Waals surface area contributed by atoms with E-state index in [1.165, 1.54) is 0 Å². The fraction of sp³-hybridized carbons (Fsp3) is 0.158. The predicted octanol–water partition coefficient (Wildman–Crippen LogP) is 4.22. The summed E-state index contributed by atoms with van der Waals surface area (Å²) in [5, 5.41) is 15.9. The van der Waals surface area contributed by atoms with Crippen molar-refractivity contribution in [1.29, 1.82) is 5.26 Å². The second kappa shape index (κ2) is 8.28. The molecule has 0 spiro atoms. The van der Waals surface area contributed by atoms with Crippen molar-refractivity contribution in [2.24, 2.45) is 0 Å². The quantitative estimate of drug-likeness (QED) is 0.705. The molecule has 1 N–H and O–H groups in total. The van der Waals surface area contributed by atoms with Gasteiger partial charge in [-0.1, -0.05) is 47.1 Å². The van der Waals surface area contributed by atoms with E-state index in [1.807, 2.05) is 36.4 Å². The van der Waals surface area contributed by atoms with Gasteiger partial charge in [0.05, 0.1) is 10.6 Å². The van der Waals surface area contributed by atoms with Crippen LogP contribution in [0.25, 0.3) is 11.4 Å². The summed E-state index contributed by atoms with van der Waals surface area (Å²) < 4.78 is 5.22. The molecule has 0 atom stereocenters. The molecular formula is C19H15ClN4O2. The van der Waals surface area contributed by atoms with Gasteiger partial charge in [0.2, 0.25) is 17.6 Å². The Balaban J connectivity index is 1.49. The number of anilines is 1. The van der Waals surface area contributed by atoms with Gasteiger partial charge in [-0.2, -0.15) is 10.2 Å². The van der Waals surface area contributed by atoms with Gasteiger partial charge in [0.15, 0.2) is 0 Å². The Morgan fingerprint density at radius 3 is 2.77 bits per heavy atom. The fourth-order valence-corrected chi connectivity index (χ4v) is 2.59. The largest absolute Gasteiger partial charge is 0.339 e. The molecular weight excluding hydrogens is 352 g/mol. The van der Waals surface area contributed by atoms with Crippen LogP contribution in [-0.2, 0) is 11.2 Å². The number of aryl methyl sites for hydroxylation is 1. The SMILES string of the molecule is N#Cc1ccc(NC(=O)CCCc2nc(-c3ccccc3)no2)cc1Cl. The minimum absolute atomic E-state index is 0.145. The number of carbonyl (C=O) groups excluding carboxylic acids is 1. The number of nitrogens with one attached hydrogen (secondary N) is 1. The fourth-order valence-electron chi connectivity index (χ4n) is 2.37. The molecule has 0 saturated heterocycles. The zero-order valence-electron chi connectivity index (χ0n) is 13.8. The van der Waals surface area contributed by atoms with E-state index in [4.69, 9.17) is 21.4 Å². The first-order chi connectivity index (χ1) is 12.7. The van der Waals surface area contributed by atoms with Gasteiger partial charge in [-0.3, -0.25) is 4.79 Å². The van der Waals surface area contributed by atoms with E-state index in [0.717, 1.165) is 5.56 Å². The second-order valence-corrected chi connectivity index (χ2v) is 5.99. The molecule has 0 saturated carbocycles. The summed E-state index contributed by atoms with van der Waals surface area (Å²) >= 11 is 5.95. The maximum atomic E-state index is 12.0. The van der Waals surface area contributed by atoms with Crippen LogP contribution in [0.15, 0.2) is 53.1 Å². The van der Waals surface area contributed by atoms with E-state index in [-0.39, 0.29) is 5.91 Å². The van der Waals surface area contributed by atoms with Gasteiger partial charge in [0, 0.05) is 24.1 Å². The lowest BCUT2D eigenvalue weighted by molar-refractivity contribution is -0.116. The van der Waals surface area contributed by atoms with Gasteiger partial charge in [-0.15, -0.1) is 0 Å². The summed E-state index contributed by atoms with van der Waals surface area (Å²) in [6.07, 6.45) is 1.40. The van der Waals surface area contributed by atoms with Crippen LogP contribution in [0.5, 0.6) is 0 Å². The molecule has 0 bridgehead atoms. The van der Waals surface area contributed by atoms with Gasteiger partial charge >= 0.3 is 0 Å². The first-order valence-electron chi connectivity index (χ1n) is 8.03. The van der Waals surface area contributed by atoms with E-state index in [2.05, 4.69) is 15.5 Å². The van der Waals surface area contributed by atoms with Crippen LogP contribution in [0.2, 0.25) is 5.02 Å². The summed E-state index contributed by atoms with van der Waals surface area (Å²) in [6.45, 7) is 0. The van der Waals surface area contributed by atoms with Crippen molar-refractivity contribution in [3.05, 3.63) is 65.0 Å². The van der Waals surface area contributed by atoms with Gasteiger partial charge in [-0.25, -0.2) is 0 Å². The molecule has 6 nitrogen and oxygen atoms in total. The lowest BCUT2D eigenvalue weighted by Gasteiger charge is -2.05. The highest BCUT2D eigenvalue weighted by molar-refractivity contribution is 6.32. The first-order valence-corrected chi connectivity index (χ1v) is 8.41. The third-order valence-corrected chi connectivity index (χ3v) is 3.98. The molecule has 0 aliphatic heterocycles. The Bertz CT molecular complexity index is 948. The maximum Gasteiger partial charge on any atom is 0.226 e. The highest BCUT2D eigenvalue weighted by Crippen LogP contribution is 2.20.